The number of allylic oxidation sites excluding steroid dienone is 2. The van der Waals surface area contributed by atoms with Crippen molar-refractivity contribution in [3.8, 4) is 0 Å². The first-order valence-electron chi connectivity index (χ1n) is 3.44. The van der Waals surface area contributed by atoms with Gasteiger partial charge in [0.1, 0.15) is 5.76 Å². The van der Waals surface area contributed by atoms with Crippen LogP contribution in [0.2, 0.25) is 0 Å². The summed E-state index contributed by atoms with van der Waals surface area (Å²) >= 11 is 0. The molecule has 0 aliphatic carbocycles. The molecule has 56 valence electrons. The van der Waals surface area contributed by atoms with Gasteiger partial charge in [0.2, 0.25) is 0 Å². The van der Waals surface area contributed by atoms with Crippen LogP contribution in [-0.4, -0.2) is 25.5 Å². The van der Waals surface area contributed by atoms with Crippen molar-refractivity contribution in [1.82, 2.24) is 4.90 Å². The molecule has 0 fully saturated rings. The quantitative estimate of drug-likeness (QED) is 0.573. The second kappa shape index (κ2) is 3.42. The van der Waals surface area contributed by atoms with Crippen LogP contribution in [0.15, 0.2) is 24.2 Å². The van der Waals surface area contributed by atoms with Crippen LogP contribution in [0.1, 0.15) is 6.42 Å². The molecule has 0 atom stereocenters. The smallest absolute Gasteiger partial charge is 0.113 e. The van der Waals surface area contributed by atoms with E-state index in [0.717, 1.165) is 18.7 Å². The molecule has 0 amide bonds. The molecule has 1 rings (SSSR count). The minimum Gasteiger partial charge on any atom is -0.469 e. The molecular formula is C8H13NO. The molecule has 1 heterocycles. The zero-order valence-corrected chi connectivity index (χ0v) is 6.50. The Kier molecular flexibility index (Phi) is 2.51. The first-order chi connectivity index (χ1) is 4.79. The Bertz CT molecular complexity index is 159. The SMILES string of the molecule is CN(C)CC1=CCC=CO1. The van der Waals surface area contributed by atoms with Crippen molar-refractivity contribution >= 4 is 0 Å². The molecule has 0 aromatic heterocycles. The second-order valence-corrected chi connectivity index (χ2v) is 2.63. The summed E-state index contributed by atoms with van der Waals surface area (Å²) in [7, 11) is 4.06. The summed E-state index contributed by atoms with van der Waals surface area (Å²) in [5.41, 5.74) is 0. The van der Waals surface area contributed by atoms with E-state index >= 15 is 0 Å². The highest BCUT2D eigenvalue weighted by Gasteiger charge is 2.00. The van der Waals surface area contributed by atoms with E-state index in [1.54, 1.807) is 6.26 Å². The third-order valence-electron chi connectivity index (χ3n) is 1.27. The average Bonchev–Trinajstić information content (AvgIpc) is 1.88. The van der Waals surface area contributed by atoms with Gasteiger partial charge >= 0.3 is 0 Å². The molecule has 2 heteroatoms. The van der Waals surface area contributed by atoms with E-state index in [0.29, 0.717) is 0 Å². The average molecular weight is 139 g/mol. The van der Waals surface area contributed by atoms with Crippen LogP contribution in [-0.2, 0) is 4.74 Å². The minimum absolute atomic E-state index is 0.893. The third kappa shape index (κ3) is 2.23. The lowest BCUT2D eigenvalue weighted by atomic mass is 10.3. The van der Waals surface area contributed by atoms with Gasteiger partial charge in [-0.3, -0.25) is 0 Å². The van der Waals surface area contributed by atoms with Gasteiger partial charge in [0.05, 0.1) is 12.8 Å². The van der Waals surface area contributed by atoms with Gasteiger partial charge in [0, 0.05) is 0 Å². The van der Waals surface area contributed by atoms with Crippen LogP contribution in [0.25, 0.3) is 0 Å². The maximum atomic E-state index is 5.23. The first kappa shape index (κ1) is 7.35. The summed E-state index contributed by atoms with van der Waals surface area (Å²) in [5.74, 6) is 1.05. The van der Waals surface area contributed by atoms with Gasteiger partial charge in [-0.1, -0.05) is 0 Å². The Balaban J connectivity index is 2.34. The van der Waals surface area contributed by atoms with Crippen LogP contribution < -0.4 is 0 Å². The molecule has 0 aromatic carbocycles. The number of nitrogens with zero attached hydrogens (tertiary/aromatic N) is 1. The summed E-state index contributed by atoms with van der Waals surface area (Å²) in [5, 5.41) is 0. The zero-order valence-electron chi connectivity index (χ0n) is 6.50. The van der Waals surface area contributed by atoms with Crippen molar-refractivity contribution in [1.29, 1.82) is 0 Å². The Morgan fingerprint density at radius 2 is 2.40 bits per heavy atom. The van der Waals surface area contributed by atoms with Crippen molar-refractivity contribution in [3.63, 3.8) is 0 Å². The zero-order chi connectivity index (χ0) is 7.40. The normalized spacial score (nSPS) is 16.9. The Hall–Kier alpha value is -0.760. The maximum Gasteiger partial charge on any atom is 0.113 e. The molecule has 0 bridgehead atoms. The van der Waals surface area contributed by atoms with E-state index in [4.69, 9.17) is 4.74 Å². The molecule has 0 aromatic rings. The predicted molar refractivity (Wildman–Crippen MR) is 41.5 cm³/mol. The maximum absolute atomic E-state index is 5.23. The van der Waals surface area contributed by atoms with Gasteiger partial charge in [-0.2, -0.15) is 0 Å². The van der Waals surface area contributed by atoms with Gasteiger partial charge in [0.15, 0.2) is 0 Å². The first-order valence-corrected chi connectivity index (χ1v) is 3.44. The fourth-order valence-electron chi connectivity index (χ4n) is 0.852. The number of ether oxygens (including phenoxy) is 1. The largest absolute Gasteiger partial charge is 0.469 e. The molecule has 2 nitrogen and oxygen atoms in total. The van der Waals surface area contributed by atoms with Crippen LogP contribution in [0, 0.1) is 0 Å². The van der Waals surface area contributed by atoms with Crippen molar-refractivity contribution < 1.29 is 4.74 Å². The van der Waals surface area contributed by atoms with Crippen molar-refractivity contribution in [2.75, 3.05) is 20.6 Å². The van der Waals surface area contributed by atoms with Gasteiger partial charge in [0.25, 0.3) is 0 Å². The molecule has 0 N–H and O–H groups in total. The lowest BCUT2D eigenvalue weighted by Gasteiger charge is -2.13. The molecular weight excluding hydrogens is 126 g/mol. The molecule has 0 unspecified atom stereocenters. The number of hydrogen-bond donors (Lipinski definition) is 0. The number of likely N-dealkylation sites (N-methyl/N-ethyl adjacent to an activating group) is 1. The summed E-state index contributed by atoms with van der Waals surface area (Å²) in [6.45, 7) is 0.893. The summed E-state index contributed by atoms with van der Waals surface area (Å²) in [6.07, 6.45) is 6.85. The van der Waals surface area contributed by atoms with Crippen molar-refractivity contribution in [2.24, 2.45) is 0 Å². The van der Waals surface area contributed by atoms with Gasteiger partial charge in [-0.15, -0.1) is 0 Å². The molecule has 1 aliphatic heterocycles. The minimum atomic E-state index is 0.893. The Morgan fingerprint density at radius 1 is 1.60 bits per heavy atom. The van der Waals surface area contributed by atoms with Crippen LogP contribution >= 0.6 is 0 Å². The molecule has 0 radical (unpaired) electrons. The molecule has 1 aliphatic rings. The fraction of sp³-hybridized carbons (Fsp3) is 0.500. The van der Waals surface area contributed by atoms with E-state index in [1.165, 1.54) is 0 Å². The van der Waals surface area contributed by atoms with Crippen molar-refractivity contribution in [2.45, 2.75) is 6.42 Å². The van der Waals surface area contributed by atoms with Crippen LogP contribution in [0.4, 0.5) is 0 Å². The number of rotatable bonds is 2. The molecule has 10 heavy (non-hydrogen) atoms. The highest BCUT2D eigenvalue weighted by Crippen LogP contribution is 2.07. The molecule has 0 saturated carbocycles. The second-order valence-electron chi connectivity index (χ2n) is 2.63. The van der Waals surface area contributed by atoms with Gasteiger partial charge in [-0.05, 0) is 32.7 Å². The molecule has 0 saturated heterocycles. The summed E-state index contributed by atoms with van der Waals surface area (Å²) < 4.78 is 5.23. The third-order valence-corrected chi connectivity index (χ3v) is 1.27. The van der Waals surface area contributed by atoms with E-state index in [9.17, 15) is 0 Å². The standard InChI is InChI=1S/C8H13NO/c1-9(2)7-8-5-3-4-6-10-8/h4-6H,3,7H2,1-2H3. The lowest BCUT2D eigenvalue weighted by Crippen LogP contribution is -2.16. The summed E-state index contributed by atoms with van der Waals surface area (Å²) in [6, 6.07) is 0. The Labute approximate surface area is 61.8 Å². The molecule has 0 spiro atoms. The van der Waals surface area contributed by atoms with E-state index in [1.807, 2.05) is 20.2 Å². The number of hydrogen-bond acceptors (Lipinski definition) is 2. The highest BCUT2D eigenvalue weighted by molar-refractivity contribution is 5.05. The monoisotopic (exact) mass is 139 g/mol. The van der Waals surface area contributed by atoms with E-state index < -0.39 is 0 Å². The fourth-order valence-corrected chi connectivity index (χ4v) is 0.852. The van der Waals surface area contributed by atoms with Crippen LogP contribution in [0.5, 0.6) is 0 Å². The lowest BCUT2D eigenvalue weighted by molar-refractivity contribution is 0.285. The van der Waals surface area contributed by atoms with Gasteiger partial charge < -0.3 is 9.64 Å². The Morgan fingerprint density at radius 3 is 2.90 bits per heavy atom. The highest BCUT2D eigenvalue weighted by atomic mass is 16.5. The van der Waals surface area contributed by atoms with Gasteiger partial charge in [-0.25, -0.2) is 0 Å². The summed E-state index contributed by atoms with van der Waals surface area (Å²) in [4.78, 5) is 2.09. The van der Waals surface area contributed by atoms with Crippen LogP contribution in [0.3, 0.4) is 0 Å². The van der Waals surface area contributed by atoms with E-state index in [-0.39, 0.29) is 0 Å². The topological polar surface area (TPSA) is 12.5 Å². The van der Waals surface area contributed by atoms with E-state index in [2.05, 4.69) is 11.0 Å². The van der Waals surface area contributed by atoms with Crippen molar-refractivity contribution in [3.05, 3.63) is 24.2 Å². The predicted octanol–water partition coefficient (Wildman–Crippen LogP) is 1.37.